The zero-order valence-electron chi connectivity index (χ0n) is 10.7. The Balaban J connectivity index is 2.39. The predicted octanol–water partition coefficient (Wildman–Crippen LogP) is 1.53. The number of carbonyl (C=O) groups is 2. The van der Waals surface area contributed by atoms with E-state index in [-0.39, 0.29) is 21.9 Å². The number of aromatic carboxylic acids is 1. The zero-order chi connectivity index (χ0) is 14.9. The fraction of sp³-hybridized carbons (Fsp3) is 0.167. The second-order valence-electron chi connectivity index (χ2n) is 4.05. The van der Waals surface area contributed by atoms with Gasteiger partial charge in [-0.25, -0.2) is 4.79 Å². The second-order valence-corrected chi connectivity index (χ2v) is 4.80. The summed E-state index contributed by atoms with van der Waals surface area (Å²) < 4.78 is 3.95. The van der Waals surface area contributed by atoms with Crippen molar-refractivity contribution < 1.29 is 19.8 Å². The maximum Gasteiger partial charge on any atom is 0.340 e. The minimum atomic E-state index is -1.14. The van der Waals surface area contributed by atoms with Crippen LogP contribution >= 0.6 is 11.5 Å². The number of carboxylic acid groups (broad SMARTS) is 1. The van der Waals surface area contributed by atoms with E-state index in [9.17, 15) is 14.7 Å². The second kappa shape index (κ2) is 5.25. The molecule has 0 aromatic carbocycles. The summed E-state index contributed by atoms with van der Waals surface area (Å²) in [6.07, 6.45) is 2.50. The van der Waals surface area contributed by atoms with Gasteiger partial charge in [0.05, 0.1) is 17.5 Å². The predicted molar refractivity (Wildman–Crippen MR) is 72.4 cm³/mol. The van der Waals surface area contributed by atoms with Gasteiger partial charge in [0.2, 0.25) is 0 Å². The molecule has 20 heavy (non-hydrogen) atoms. The molecule has 0 aliphatic carbocycles. The fourth-order valence-corrected chi connectivity index (χ4v) is 2.51. The number of hydrogen-bond acceptors (Lipinski definition) is 6. The molecule has 2 aromatic heterocycles. The number of aromatic nitrogens is 2. The average Bonchev–Trinajstić information content (AvgIpc) is 2.79. The van der Waals surface area contributed by atoms with Gasteiger partial charge in [0.15, 0.2) is 0 Å². The number of carboxylic acids is 1. The van der Waals surface area contributed by atoms with Crippen LogP contribution in [0.5, 0.6) is 5.75 Å². The van der Waals surface area contributed by atoms with Crippen LogP contribution in [0, 0.1) is 6.92 Å². The molecule has 0 radical (unpaired) electrons. The summed E-state index contributed by atoms with van der Waals surface area (Å²) in [5.74, 6) is -1.75. The summed E-state index contributed by atoms with van der Waals surface area (Å²) >= 11 is 0.931. The van der Waals surface area contributed by atoms with Crippen molar-refractivity contribution in [1.82, 2.24) is 9.36 Å². The van der Waals surface area contributed by atoms with Gasteiger partial charge in [-0.3, -0.25) is 9.78 Å². The standard InChI is InChI=1S/C12H11N3O4S/c1-6-9(12(18)19)11(20-14-6)15(2)10(17)7-3-8(16)5-13-4-7/h3-5,16H,1-2H3,(H,18,19). The van der Waals surface area contributed by atoms with E-state index in [1.807, 2.05) is 0 Å². The largest absolute Gasteiger partial charge is 0.506 e. The summed E-state index contributed by atoms with van der Waals surface area (Å²) in [4.78, 5) is 28.3. The van der Waals surface area contributed by atoms with E-state index in [1.54, 1.807) is 6.92 Å². The molecule has 1 amide bonds. The van der Waals surface area contributed by atoms with Gasteiger partial charge in [0.25, 0.3) is 5.91 Å². The third-order valence-corrected chi connectivity index (χ3v) is 3.65. The molecule has 0 aliphatic rings. The molecule has 0 spiro atoms. The Labute approximate surface area is 118 Å². The average molecular weight is 293 g/mol. The summed E-state index contributed by atoms with van der Waals surface area (Å²) in [7, 11) is 1.45. The number of pyridine rings is 1. The Morgan fingerprint density at radius 3 is 2.65 bits per heavy atom. The molecule has 7 nitrogen and oxygen atoms in total. The molecule has 0 bridgehead atoms. The van der Waals surface area contributed by atoms with Gasteiger partial charge in [-0.1, -0.05) is 0 Å². The zero-order valence-corrected chi connectivity index (χ0v) is 11.5. The van der Waals surface area contributed by atoms with Crippen LogP contribution in [0.25, 0.3) is 0 Å². The van der Waals surface area contributed by atoms with Crippen LogP contribution < -0.4 is 4.90 Å². The molecule has 2 heterocycles. The third kappa shape index (κ3) is 2.45. The van der Waals surface area contributed by atoms with Gasteiger partial charge < -0.3 is 15.1 Å². The van der Waals surface area contributed by atoms with Crippen molar-refractivity contribution in [2.24, 2.45) is 0 Å². The number of rotatable bonds is 3. The highest BCUT2D eigenvalue weighted by molar-refractivity contribution is 7.11. The quantitative estimate of drug-likeness (QED) is 0.889. The van der Waals surface area contributed by atoms with E-state index >= 15 is 0 Å². The highest BCUT2D eigenvalue weighted by Gasteiger charge is 2.24. The van der Waals surface area contributed by atoms with Crippen molar-refractivity contribution >= 4 is 28.4 Å². The molecule has 104 valence electrons. The number of aryl methyl sites for hydroxylation is 1. The van der Waals surface area contributed by atoms with Crippen LogP contribution in [0.15, 0.2) is 18.5 Å². The van der Waals surface area contributed by atoms with Crippen molar-refractivity contribution in [2.75, 3.05) is 11.9 Å². The van der Waals surface area contributed by atoms with Gasteiger partial charge >= 0.3 is 5.97 Å². The first-order chi connectivity index (χ1) is 9.41. The van der Waals surface area contributed by atoms with E-state index in [0.717, 1.165) is 11.5 Å². The first-order valence-corrected chi connectivity index (χ1v) is 6.30. The van der Waals surface area contributed by atoms with Crippen molar-refractivity contribution in [3.05, 3.63) is 35.3 Å². The van der Waals surface area contributed by atoms with E-state index in [4.69, 9.17) is 5.11 Å². The number of aromatic hydroxyl groups is 1. The minimum absolute atomic E-state index is 0.000961. The molecule has 2 rings (SSSR count). The lowest BCUT2D eigenvalue weighted by atomic mass is 10.2. The van der Waals surface area contributed by atoms with Gasteiger partial charge in [0, 0.05) is 13.2 Å². The Kier molecular flexibility index (Phi) is 3.66. The Bertz CT molecular complexity index is 683. The molecule has 0 saturated heterocycles. The lowest BCUT2D eigenvalue weighted by Crippen LogP contribution is -2.27. The lowest BCUT2D eigenvalue weighted by Gasteiger charge is -2.15. The SMILES string of the molecule is Cc1nsc(N(C)C(=O)c2cncc(O)c2)c1C(=O)O. The van der Waals surface area contributed by atoms with E-state index in [1.165, 1.54) is 30.4 Å². The van der Waals surface area contributed by atoms with Crippen LogP contribution in [0.4, 0.5) is 5.00 Å². The normalized spacial score (nSPS) is 10.3. The molecule has 0 fully saturated rings. The maximum absolute atomic E-state index is 12.2. The number of carbonyl (C=O) groups excluding carboxylic acids is 1. The molecular weight excluding hydrogens is 282 g/mol. The Hall–Kier alpha value is -2.48. The molecule has 0 atom stereocenters. The minimum Gasteiger partial charge on any atom is -0.506 e. The number of hydrogen-bond donors (Lipinski definition) is 2. The smallest absolute Gasteiger partial charge is 0.340 e. The Morgan fingerprint density at radius 2 is 2.05 bits per heavy atom. The van der Waals surface area contributed by atoms with E-state index < -0.39 is 11.9 Å². The molecule has 2 N–H and O–H groups in total. The van der Waals surface area contributed by atoms with E-state index in [2.05, 4.69) is 9.36 Å². The summed E-state index contributed by atoms with van der Waals surface area (Å²) in [6.45, 7) is 1.57. The summed E-state index contributed by atoms with van der Waals surface area (Å²) in [6, 6.07) is 1.26. The van der Waals surface area contributed by atoms with Gasteiger partial charge in [0.1, 0.15) is 16.3 Å². The first kappa shape index (κ1) is 13.9. The third-order valence-electron chi connectivity index (χ3n) is 2.64. The van der Waals surface area contributed by atoms with Crippen molar-refractivity contribution in [1.29, 1.82) is 0 Å². The summed E-state index contributed by atoms with van der Waals surface area (Å²) in [5.41, 5.74) is 0.514. The van der Waals surface area contributed by atoms with Crippen LogP contribution in [0.1, 0.15) is 26.4 Å². The number of nitrogens with zero attached hydrogens (tertiary/aromatic N) is 3. The van der Waals surface area contributed by atoms with Crippen molar-refractivity contribution in [2.45, 2.75) is 6.92 Å². The van der Waals surface area contributed by atoms with E-state index in [0.29, 0.717) is 5.69 Å². The van der Waals surface area contributed by atoms with Gasteiger partial charge in [-0.15, -0.1) is 0 Å². The van der Waals surface area contributed by atoms with Crippen molar-refractivity contribution in [3.8, 4) is 5.75 Å². The maximum atomic E-state index is 12.2. The number of amides is 1. The van der Waals surface area contributed by atoms with Gasteiger partial charge in [-0.2, -0.15) is 4.37 Å². The molecule has 2 aromatic rings. The molecule has 0 unspecified atom stereocenters. The monoisotopic (exact) mass is 293 g/mol. The molecule has 0 saturated carbocycles. The van der Waals surface area contributed by atoms with Crippen LogP contribution in [-0.2, 0) is 0 Å². The topological polar surface area (TPSA) is 104 Å². The summed E-state index contributed by atoms with van der Waals surface area (Å²) in [5, 5.41) is 18.7. The molecular formula is C12H11N3O4S. The number of anilines is 1. The van der Waals surface area contributed by atoms with Crippen LogP contribution in [0.3, 0.4) is 0 Å². The van der Waals surface area contributed by atoms with Crippen LogP contribution in [0.2, 0.25) is 0 Å². The lowest BCUT2D eigenvalue weighted by molar-refractivity contribution is 0.0697. The first-order valence-electron chi connectivity index (χ1n) is 5.53. The fourth-order valence-electron chi connectivity index (χ4n) is 1.66. The molecule has 8 heteroatoms. The Morgan fingerprint density at radius 1 is 1.35 bits per heavy atom. The van der Waals surface area contributed by atoms with Crippen LogP contribution in [-0.4, -0.2) is 38.5 Å². The highest BCUT2D eigenvalue weighted by atomic mass is 32.1. The highest BCUT2D eigenvalue weighted by Crippen LogP contribution is 2.29. The molecule has 0 aliphatic heterocycles. The van der Waals surface area contributed by atoms with Gasteiger partial charge in [-0.05, 0) is 24.5 Å². The van der Waals surface area contributed by atoms with Crippen molar-refractivity contribution in [3.63, 3.8) is 0 Å².